The number of carbonyl (C=O) groups is 1. The third-order valence-electron chi connectivity index (χ3n) is 2.45. The van der Waals surface area contributed by atoms with Crippen LogP contribution in [-0.2, 0) is 10.2 Å². The van der Waals surface area contributed by atoms with Gasteiger partial charge in [0.25, 0.3) is 0 Å². The first-order valence-electron chi connectivity index (χ1n) is 5.10. The molecule has 1 aliphatic heterocycles. The van der Waals surface area contributed by atoms with Crippen molar-refractivity contribution in [3.05, 3.63) is 17.0 Å². The van der Waals surface area contributed by atoms with Crippen LogP contribution in [-0.4, -0.2) is 36.9 Å². The molecule has 2 rings (SSSR count). The Morgan fingerprint density at radius 2 is 2.00 bits per heavy atom. The summed E-state index contributed by atoms with van der Waals surface area (Å²) in [5.74, 6) is -1.05. The lowest BCUT2D eigenvalue weighted by atomic mass is 10.4. The minimum atomic E-state index is -3.52. The van der Waals surface area contributed by atoms with Crippen LogP contribution in [0.1, 0.15) is 22.5 Å². The summed E-state index contributed by atoms with van der Waals surface area (Å²) in [5.41, 5.74) is 0. The number of anilines is 1. The minimum absolute atomic E-state index is 0.115. The lowest BCUT2D eigenvalue weighted by Gasteiger charge is -2.15. The molecule has 17 heavy (non-hydrogen) atoms. The van der Waals surface area contributed by atoms with E-state index in [1.165, 1.54) is 16.4 Å². The molecule has 0 bridgehead atoms. The van der Waals surface area contributed by atoms with Gasteiger partial charge in [0.2, 0.25) is 0 Å². The Morgan fingerprint density at radius 3 is 2.53 bits per heavy atom. The molecular weight excluding hydrogens is 264 g/mol. The Bertz CT molecular complexity index is 517. The molecule has 0 aromatic carbocycles. The van der Waals surface area contributed by atoms with Crippen LogP contribution in [0.4, 0.5) is 5.00 Å². The Balaban J connectivity index is 2.11. The largest absolute Gasteiger partial charge is 0.477 e. The second-order valence-electron chi connectivity index (χ2n) is 3.68. The van der Waals surface area contributed by atoms with Crippen LogP contribution in [0, 0.1) is 0 Å². The summed E-state index contributed by atoms with van der Waals surface area (Å²) in [6.45, 7) is 1.04. The number of carboxylic acids is 1. The molecular formula is C9H12N2O4S2. The number of aromatic carboxylic acids is 1. The number of hydrogen-bond donors (Lipinski definition) is 2. The highest BCUT2D eigenvalue weighted by molar-refractivity contribution is 7.90. The summed E-state index contributed by atoms with van der Waals surface area (Å²) < 4.78 is 27.5. The average molecular weight is 276 g/mol. The van der Waals surface area contributed by atoms with Gasteiger partial charge in [-0.1, -0.05) is 0 Å². The summed E-state index contributed by atoms with van der Waals surface area (Å²) in [5, 5.41) is 9.06. The van der Waals surface area contributed by atoms with E-state index in [0.29, 0.717) is 18.1 Å². The van der Waals surface area contributed by atoms with Crippen molar-refractivity contribution in [1.29, 1.82) is 0 Å². The molecule has 2 N–H and O–H groups in total. The van der Waals surface area contributed by atoms with Crippen LogP contribution in [0.3, 0.4) is 0 Å². The molecule has 8 heteroatoms. The van der Waals surface area contributed by atoms with Crippen LogP contribution >= 0.6 is 11.3 Å². The van der Waals surface area contributed by atoms with Gasteiger partial charge in [-0.15, -0.1) is 11.3 Å². The highest BCUT2D eigenvalue weighted by Crippen LogP contribution is 2.24. The molecule has 0 spiro atoms. The maximum Gasteiger partial charge on any atom is 0.345 e. The molecule has 6 nitrogen and oxygen atoms in total. The number of nitrogens with zero attached hydrogens (tertiary/aromatic N) is 1. The minimum Gasteiger partial charge on any atom is -0.477 e. The van der Waals surface area contributed by atoms with Gasteiger partial charge in [-0.05, 0) is 25.0 Å². The van der Waals surface area contributed by atoms with Gasteiger partial charge >= 0.3 is 16.2 Å². The number of carboxylic acid groups (broad SMARTS) is 1. The highest BCUT2D eigenvalue weighted by Gasteiger charge is 2.25. The summed E-state index contributed by atoms with van der Waals surface area (Å²) in [6.07, 6.45) is 1.73. The lowest BCUT2D eigenvalue weighted by Crippen LogP contribution is -2.33. The van der Waals surface area contributed by atoms with Crippen LogP contribution in [0.25, 0.3) is 0 Å². The van der Waals surface area contributed by atoms with Crippen molar-refractivity contribution in [2.24, 2.45) is 0 Å². The van der Waals surface area contributed by atoms with Crippen LogP contribution in [0.15, 0.2) is 12.1 Å². The highest BCUT2D eigenvalue weighted by atomic mass is 32.2. The molecule has 1 saturated heterocycles. The van der Waals surface area contributed by atoms with E-state index in [1.807, 2.05) is 0 Å². The van der Waals surface area contributed by atoms with Crippen molar-refractivity contribution in [3.63, 3.8) is 0 Å². The maximum atomic E-state index is 11.9. The molecule has 1 fully saturated rings. The molecule has 94 valence electrons. The smallest absolute Gasteiger partial charge is 0.345 e. The van der Waals surface area contributed by atoms with Crippen molar-refractivity contribution >= 4 is 32.5 Å². The van der Waals surface area contributed by atoms with E-state index in [9.17, 15) is 13.2 Å². The van der Waals surface area contributed by atoms with Crippen molar-refractivity contribution in [1.82, 2.24) is 4.31 Å². The Labute approximate surface area is 103 Å². The van der Waals surface area contributed by atoms with Gasteiger partial charge in [-0.2, -0.15) is 12.7 Å². The predicted molar refractivity (Wildman–Crippen MR) is 64.6 cm³/mol. The van der Waals surface area contributed by atoms with Crippen molar-refractivity contribution in [2.75, 3.05) is 17.8 Å². The third-order valence-corrected chi connectivity index (χ3v) is 5.09. The fourth-order valence-electron chi connectivity index (χ4n) is 1.63. The van der Waals surface area contributed by atoms with E-state index in [2.05, 4.69) is 4.72 Å². The van der Waals surface area contributed by atoms with E-state index in [-0.39, 0.29) is 4.88 Å². The van der Waals surface area contributed by atoms with Crippen molar-refractivity contribution in [3.8, 4) is 0 Å². The molecule has 2 heterocycles. The van der Waals surface area contributed by atoms with Gasteiger partial charge in [-0.25, -0.2) is 4.79 Å². The summed E-state index contributed by atoms with van der Waals surface area (Å²) in [4.78, 5) is 10.8. The van der Waals surface area contributed by atoms with Gasteiger partial charge in [0, 0.05) is 13.1 Å². The molecule has 0 aliphatic carbocycles. The monoisotopic (exact) mass is 276 g/mol. The van der Waals surface area contributed by atoms with Gasteiger partial charge in [0.1, 0.15) is 9.88 Å². The Hall–Kier alpha value is -1.12. The molecule has 0 saturated carbocycles. The first-order valence-corrected chi connectivity index (χ1v) is 7.36. The fourth-order valence-corrected chi connectivity index (χ4v) is 3.90. The Kier molecular flexibility index (Phi) is 3.36. The third kappa shape index (κ3) is 2.76. The zero-order valence-electron chi connectivity index (χ0n) is 8.92. The quantitative estimate of drug-likeness (QED) is 0.865. The SMILES string of the molecule is O=C(O)c1ccc(NS(=O)(=O)N2CCCC2)s1. The fraction of sp³-hybridized carbons (Fsp3) is 0.444. The molecule has 0 atom stereocenters. The van der Waals surface area contributed by atoms with E-state index in [1.54, 1.807) is 0 Å². The number of hydrogen-bond acceptors (Lipinski definition) is 4. The number of rotatable bonds is 4. The second kappa shape index (κ2) is 4.63. The number of thiophene rings is 1. The normalized spacial score (nSPS) is 17.2. The van der Waals surface area contributed by atoms with Crippen molar-refractivity contribution in [2.45, 2.75) is 12.8 Å². The average Bonchev–Trinajstić information content (AvgIpc) is 2.85. The zero-order valence-corrected chi connectivity index (χ0v) is 10.6. The zero-order chi connectivity index (χ0) is 12.5. The van der Waals surface area contributed by atoms with E-state index in [4.69, 9.17) is 5.11 Å². The van der Waals surface area contributed by atoms with Crippen molar-refractivity contribution < 1.29 is 18.3 Å². The first kappa shape index (κ1) is 12.3. The summed E-state index contributed by atoms with van der Waals surface area (Å²) >= 11 is 0.910. The van der Waals surface area contributed by atoms with Gasteiger partial charge in [0.05, 0.1) is 0 Å². The topological polar surface area (TPSA) is 86.7 Å². The number of nitrogens with one attached hydrogen (secondary N) is 1. The maximum absolute atomic E-state index is 11.9. The lowest BCUT2D eigenvalue weighted by molar-refractivity contribution is 0.0702. The molecule has 1 aliphatic rings. The Morgan fingerprint density at radius 1 is 1.35 bits per heavy atom. The molecule has 0 amide bonds. The first-order chi connectivity index (χ1) is 7.99. The molecule has 0 radical (unpaired) electrons. The molecule has 1 aromatic rings. The predicted octanol–water partition coefficient (Wildman–Crippen LogP) is 1.20. The summed E-state index contributed by atoms with van der Waals surface area (Å²) in [7, 11) is -3.52. The standard InChI is InChI=1S/C9H12N2O4S2/c12-9(13)7-3-4-8(16-7)10-17(14,15)11-5-1-2-6-11/h3-4,10H,1-2,5-6H2,(H,12,13). The molecule has 0 unspecified atom stereocenters. The van der Waals surface area contributed by atoms with Crippen LogP contribution in [0.2, 0.25) is 0 Å². The van der Waals surface area contributed by atoms with E-state index >= 15 is 0 Å². The second-order valence-corrected chi connectivity index (χ2v) is 6.44. The van der Waals surface area contributed by atoms with Crippen LogP contribution in [0.5, 0.6) is 0 Å². The van der Waals surface area contributed by atoms with E-state index < -0.39 is 16.2 Å². The van der Waals surface area contributed by atoms with Gasteiger partial charge in [0.15, 0.2) is 0 Å². The van der Waals surface area contributed by atoms with Gasteiger partial charge in [-0.3, -0.25) is 4.72 Å². The van der Waals surface area contributed by atoms with E-state index in [0.717, 1.165) is 24.2 Å². The summed E-state index contributed by atoms with van der Waals surface area (Å²) in [6, 6.07) is 2.84. The molecule has 1 aromatic heterocycles. The van der Waals surface area contributed by atoms with Crippen LogP contribution < -0.4 is 4.72 Å². The van der Waals surface area contributed by atoms with Gasteiger partial charge < -0.3 is 5.11 Å².